The topological polar surface area (TPSA) is 3.24 Å². The number of rotatable bonds is 6. The van der Waals surface area contributed by atoms with Crippen LogP contribution in [0.25, 0.3) is 0 Å². The molecule has 0 aliphatic heterocycles. The minimum atomic E-state index is -0.751. The zero-order valence-corrected chi connectivity index (χ0v) is 12.3. The summed E-state index contributed by atoms with van der Waals surface area (Å²) in [6.07, 6.45) is 1.34. The van der Waals surface area contributed by atoms with E-state index in [9.17, 15) is 0 Å². The van der Waals surface area contributed by atoms with Gasteiger partial charge in [-0.2, -0.15) is 0 Å². The molecule has 0 amide bonds. The third kappa shape index (κ3) is 4.50. The molecule has 0 spiro atoms. The van der Waals surface area contributed by atoms with Crippen molar-refractivity contribution in [2.45, 2.75) is 31.9 Å². The van der Waals surface area contributed by atoms with Crippen molar-refractivity contribution in [1.29, 1.82) is 0 Å². The van der Waals surface area contributed by atoms with Crippen LogP contribution in [0.2, 0.25) is 11.6 Å². The van der Waals surface area contributed by atoms with Crippen molar-refractivity contribution in [3.63, 3.8) is 0 Å². The molecule has 1 aromatic rings. The first kappa shape index (κ1) is 13.5. The molecule has 0 aliphatic carbocycles. The van der Waals surface area contributed by atoms with Gasteiger partial charge in [-0.25, -0.2) is 0 Å². The molecule has 16 heavy (non-hydrogen) atoms. The lowest BCUT2D eigenvalue weighted by Gasteiger charge is -2.20. The van der Waals surface area contributed by atoms with Crippen LogP contribution in [-0.4, -0.2) is 34.3 Å². The Morgan fingerprint density at radius 3 is 2.25 bits per heavy atom. The van der Waals surface area contributed by atoms with Gasteiger partial charge in [0.2, 0.25) is 0 Å². The molecule has 0 saturated heterocycles. The maximum atomic E-state index is 2.39. The normalized spacial score (nSPS) is 13.4. The lowest BCUT2D eigenvalue weighted by Crippen LogP contribution is -2.33. The molecule has 0 fully saturated rings. The first-order valence-corrected chi connectivity index (χ1v) is 8.37. The van der Waals surface area contributed by atoms with Gasteiger partial charge in [0, 0.05) is 0 Å². The SMILES string of the molecule is CC(C)[SiH](CCCN(C)C)c1ccccc1. The highest BCUT2D eigenvalue weighted by Gasteiger charge is 2.16. The van der Waals surface area contributed by atoms with Crippen LogP contribution in [0.5, 0.6) is 0 Å². The molecule has 2 heteroatoms. The van der Waals surface area contributed by atoms with Gasteiger partial charge in [-0.05, 0) is 32.6 Å². The van der Waals surface area contributed by atoms with E-state index in [-0.39, 0.29) is 0 Å². The minimum absolute atomic E-state index is 0.751. The largest absolute Gasteiger partial charge is 0.309 e. The molecule has 0 aliphatic rings. The highest BCUT2D eigenvalue weighted by Crippen LogP contribution is 2.14. The van der Waals surface area contributed by atoms with Crippen molar-refractivity contribution in [3.8, 4) is 0 Å². The van der Waals surface area contributed by atoms with Gasteiger partial charge in [-0.15, -0.1) is 0 Å². The molecule has 1 nitrogen and oxygen atoms in total. The summed E-state index contributed by atoms with van der Waals surface area (Å²) in [6.45, 7) is 6.00. The number of benzene rings is 1. The van der Waals surface area contributed by atoms with Crippen LogP contribution >= 0.6 is 0 Å². The minimum Gasteiger partial charge on any atom is -0.309 e. The summed E-state index contributed by atoms with van der Waals surface area (Å²) in [7, 11) is 3.57. The lowest BCUT2D eigenvalue weighted by molar-refractivity contribution is 0.408. The van der Waals surface area contributed by atoms with Gasteiger partial charge >= 0.3 is 0 Å². The summed E-state index contributed by atoms with van der Waals surface area (Å²) in [5.41, 5.74) is 0.865. The van der Waals surface area contributed by atoms with Crippen molar-refractivity contribution in [3.05, 3.63) is 30.3 Å². The van der Waals surface area contributed by atoms with Gasteiger partial charge in [0.25, 0.3) is 0 Å². The highest BCUT2D eigenvalue weighted by molar-refractivity contribution is 6.74. The molecule has 0 aromatic heterocycles. The molecular formula is C14H25NSi. The lowest BCUT2D eigenvalue weighted by atomic mass is 10.4. The summed E-state index contributed by atoms with van der Waals surface area (Å²) >= 11 is 0. The van der Waals surface area contributed by atoms with Crippen LogP contribution < -0.4 is 5.19 Å². The predicted octanol–water partition coefficient (Wildman–Crippen LogP) is 2.48. The van der Waals surface area contributed by atoms with E-state index in [1.807, 2.05) is 0 Å². The van der Waals surface area contributed by atoms with Crippen molar-refractivity contribution in [2.75, 3.05) is 20.6 Å². The molecule has 0 N–H and O–H groups in total. The molecule has 1 atom stereocenters. The van der Waals surface area contributed by atoms with Gasteiger partial charge in [0.15, 0.2) is 0 Å². The molecule has 0 saturated carbocycles. The predicted molar refractivity (Wildman–Crippen MR) is 76.3 cm³/mol. The first-order chi connectivity index (χ1) is 7.61. The molecule has 0 bridgehead atoms. The van der Waals surface area contributed by atoms with E-state index in [4.69, 9.17) is 0 Å². The van der Waals surface area contributed by atoms with E-state index in [1.165, 1.54) is 19.0 Å². The average Bonchev–Trinajstić information content (AvgIpc) is 2.25. The second-order valence-electron chi connectivity index (χ2n) is 5.21. The summed E-state index contributed by atoms with van der Waals surface area (Å²) in [5.74, 6) is 0. The Hall–Kier alpha value is -0.603. The van der Waals surface area contributed by atoms with E-state index in [0.29, 0.717) is 0 Å². The standard InChI is InChI=1S/C14H25NSi/c1-13(2)16(12-8-11-15(3)4)14-9-6-5-7-10-14/h5-7,9-10,13,16H,8,11-12H2,1-4H3. The van der Waals surface area contributed by atoms with E-state index in [2.05, 4.69) is 63.2 Å². The molecule has 1 rings (SSSR count). The zero-order valence-electron chi connectivity index (χ0n) is 11.1. The molecule has 90 valence electrons. The van der Waals surface area contributed by atoms with Crippen molar-refractivity contribution in [1.82, 2.24) is 4.90 Å². The van der Waals surface area contributed by atoms with Crippen LogP contribution in [-0.2, 0) is 0 Å². The maximum absolute atomic E-state index is 2.39. The Bertz CT molecular complexity index is 282. The fourth-order valence-corrected chi connectivity index (χ4v) is 5.32. The Kier molecular flexibility index (Phi) is 5.78. The third-order valence-electron chi connectivity index (χ3n) is 3.15. The summed E-state index contributed by atoms with van der Waals surface area (Å²) in [4.78, 5) is 2.29. The molecule has 1 unspecified atom stereocenters. The van der Waals surface area contributed by atoms with Gasteiger partial charge in [-0.1, -0.05) is 55.4 Å². The third-order valence-corrected chi connectivity index (χ3v) is 7.03. The van der Waals surface area contributed by atoms with E-state index in [1.54, 1.807) is 5.19 Å². The Morgan fingerprint density at radius 1 is 1.12 bits per heavy atom. The highest BCUT2D eigenvalue weighted by atomic mass is 28.3. The van der Waals surface area contributed by atoms with Gasteiger partial charge < -0.3 is 4.90 Å². The van der Waals surface area contributed by atoms with Crippen LogP contribution in [0.15, 0.2) is 30.3 Å². The van der Waals surface area contributed by atoms with Crippen LogP contribution in [0.1, 0.15) is 20.3 Å². The van der Waals surface area contributed by atoms with Crippen LogP contribution in [0, 0.1) is 0 Å². The van der Waals surface area contributed by atoms with E-state index in [0.717, 1.165) is 5.54 Å². The Morgan fingerprint density at radius 2 is 1.75 bits per heavy atom. The second-order valence-corrected chi connectivity index (χ2v) is 9.00. The second kappa shape index (κ2) is 6.87. The van der Waals surface area contributed by atoms with Crippen LogP contribution in [0.3, 0.4) is 0 Å². The fraction of sp³-hybridized carbons (Fsp3) is 0.571. The Balaban J connectivity index is 2.55. The summed E-state index contributed by atoms with van der Waals surface area (Å²) in [5, 5.41) is 1.64. The monoisotopic (exact) mass is 235 g/mol. The molecular weight excluding hydrogens is 210 g/mol. The summed E-state index contributed by atoms with van der Waals surface area (Å²) in [6, 6.07) is 12.6. The molecule has 0 radical (unpaired) electrons. The average molecular weight is 235 g/mol. The smallest absolute Gasteiger partial charge is 0.0733 e. The summed E-state index contributed by atoms with van der Waals surface area (Å²) < 4.78 is 0. The number of nitrogens with zero attached hydrogens (tertiary/aromatic N) is 1. The van der Waals surface area contributed by atoms with E-state index < -0.39 is 8.80 Å². The van der Waals surface area contributed by atoms with Gasteiger partial charge in [0.05, 0.1) is 8.80 Å². The maximum Gasteiger partial charge on any atom is 0.0733 e. The Labute approximate surface area is 102 Å². The molecule has 1 aromatic carbocycles. The first-order valence-electron chi connectivity index (χ1n) is 6.31. The van der Waals surface area contributed by atoms with Crippen molar-refractivity contribution in [2.24, 2.45) is 0 Å². The van der Waals surface area contributed by atoms with Gasteiger partial charge in [-0.3, -0.25) is 0 Å². The fourth-order valence-electron chi connectivity index (χ4n) is 2.21. The van der Waals surface area contributed by atoms with Crippen molar-refractivity contribution < 1.29 is 0 Å². The van der Waals surface area contributed by atoms with Crippen molar-refractivity contribution >= 4 is 14.0 Å². The number of hydrogen-bond donors (Lipinski definition) is 0. The molecule has 0 heterocycles. The van der Waals surface area contributed by atoms with E-state index >= 15 is 0 Å². The quantitative estimate of drug-likeness (QED) is 0.685. The van der Waals surface area contributed by atoms with Crippen LogP contribution in [0.4, 0.5) is 0 Å². The number of hydrogen-bond acceptors (Lipinski definition) is 1. The van der Waals surface area contributed by atoms with Gasteiger partial charge in [0.1, 0.15) is 0 Å². The zero-order chi connectivity index (χ0) is 12.0.